The molecule has 0 radical (unpaired) electrons. The van der Waals surface area contributed by atoms with E-state index < -0.39 is 8.32 Å². The monoisotopic (exact) mass is 481 g/mol. The van der Waals surface area contributed by atoms with E-state index in [-0.39, 0.29) is 10.8 Å². The number of carbonyl (C=O) groups excluding carboxylic acids is 1. The lowest BCUT2D eigenvalue weighted by atomic mass is 9.98. The van der Waals surface area contributed by atoms with Crippen LogP contribution in [0.5, 0.6) is 0 Å². The molecule has 0 bridgehead atoms. The second-order valence-corrected chi connectivity index (χ2v) is 16.3. The summed E-state index contributed by atoms with van der Waals surface area (Å²) in [4.78, 5) is 24.5. The number of rotatable bonds is 9. The fraction of sp³-hybridized carbons (Fsp3) is 0.607. The highest BCUT2D eigenvalue weighted by Gasteiger charge is 2.37. The minimum Gasteiger partial charge on any atom is -0.413 e. The maximum absolute atomic E-state index is 12.7. The lowest BCUT2D eigenvalue weighted by Crippen LogP contribution is -2.40. The van der Waals surface area contributed by atoms with Gasteiger partial charge in [0.05, 0.1) is 6.61 Å². The Morgan fingerprint density at radius 1 is 1.15 bits per heavy atom. The third kappa shape index (κ3) is 7.22. The Bertz CT molecular complexity index is 959. The molecule has 1 aliphatic heterocycles. The third-order valence-electron chi connectivity index (χ3n) is 7.52. The summed E-state index contributed by atoms with van der Waals surface area (Å²) in [5, 5.41) is 0.187. The van der Waals surface area contributed by atoms with Crippen molar-refractivity contribution in [2.75, 3.05) is 18.0 Å². The lowest BCUT2D eigenvalue weighted by Gasteiger charge is -2.36. The van der Waals surface area contributed by atoms with Crippen LogP contribution in [0.25, 0.3) is 0 Å². The van der Waals surface area contributed by atoms with Crippen molar-refractivity contribution in [2.24, 2.45) is 5.92 Å². The molecule has 3 rings (SSSR count). The van der Waals surface area contributed by atoms with Crippen LogP contribution in [0.2, 0.25) is 18.1 Å². The van der Waals surface area contributed by atoms with Gasteiger partial charge in [-0.25, -0.2) is 4.98 Å². The highest BCUT2D eigenvalue weighted by atomic mass is 28.4. The predicted molar refractivity (Wildman–Crippen MR) is 143 cm³/mol. The average molecular weight is 482 g/mol. The van der Waals surface area contributed by atoms with Crippen LogP contribution in [0.4, 0.5) is 5.82 Å². The van der Waals surface area contributed by atoms with Gasteiger partial charge in [-0.05, 0) is 73.5 Å². The van der Waals surface area contributed by atoms with Crippen molar-refractivity contribution < 1.29 is 9.22 Å². The van der Waals surface area contributed by atoms with Crippen molar-refractivity contribution >= 4 is 19.9 Å². The van der Waals surface area contributed by atoms with Crippen LogP contribution >= 0.6 is 0 Å². The lowest BCUT2D eigenvalue weighted by molar-refractivity contribution is -0.118. The first-order valence-electron chi connectivity index (χ1n) is 12.8. The fourth-order valence-corrected chi connectivity index (χ4v) is 4.91. The number of anilines is 1. The molecule has 0 saturated carbocycles. The minimum atomic E-state index is -1.79. The molecule has 34 heavy (non-hydrogen) atoms. The van der Waals surface area contributed by atoms with Gasteiger partial charge < -0.3 is 9.33 Å². The Morgan fingerprint density at radius 3 is 2.47 bits per heavy atom. The first-order valence-corrected chi connectivity index (χ1v) is 15.7. The molecule has 0 amide bonds. The normalized spacial score (nSPS) is 15.6. The largest absolute Gasteiger partial charge is 0.413 e. The molecule has 1 fully saturated rings. The molecule has 0 atom stereocenters. The molecule has 1 aliphatic rings. The summed E-state index contributed by atoms with van der Waals surface area (Å²) in [5.41, 5.74) is 4.10. The quantitative estimate of drug-likeness (QED) is 0.394. The molecule has 0 unspecified atom stereocenters. The van der Waals surface area contributed by atoms with Crippen molar-refractivity contribution in [1.29, 1.82) is 0 Å². The number of ketones is 1. The average Bonchev–Trinajstić information content (AvgIpc) is 2.77. The Hall–Kier alpha value is -2.05. The molecule has 0 spiro atoms. The van der Waals surface area contributed by atoms with Gasteiger partial charge in [0.1, 0.15) is 11.6 Å². The van der Waals surface area contributed by atoms with Crippen molar-refractivity contribution in [3.63, 3.8) is 0 Å². The fourth-order valence-electron chi connectivity index (χ4n) is 3.95. The zero-order valence-electron chi connectivity index (χ0n) is 22.3. The molecule has 3 heterocycles. The molecule has 186 valence electrons. The number of pyridine rings is 2. The first kappa shape index (κ1) is 26.5. The van der Waals surface area contributed by atoms with Gasteiger partial charge in [-0.1, -0.05) is 39.8 Å². The van der Waals surface area contributed by atoms with E-state index in [9.17, 15) is 4.79 Å². The summed E-state index contributed by atoms with van der Waals surface area (Å²) in [6, 6.07) is 8.22. The Balaban J connectivity index is 1.54. The Labute approximate surface area is 207 Å². The van der Waals surface area contributed by atoms with Crippen molar-refractivity contribution in [2.45, 2.75) is 91.5 Å². The molecule has 0 aromatic carbocycles. The van der Waals surface area contributed by atoms with Crippen LogP contribution < -0.4 is 4.90 Å². The highest BCUT2D eigenvalue weighted by Crippen LogP contribution is 2.37. The van der Waals surface area contributed by atoms with Gasteiger partial charge in [0.2, 0.25) is 0 Å². The number of carbonyl (C=O) groups is 1. The second-order valence-electron chi connectivity index (χ2n) is 11.5. The van der Waals surface area contributed by atoms with Gasteiger partial charge in [-0.15, -0.1) is 0 Å². The molecule has 1 saturated heterocycles. The molecule has 0 aliphatic carbocycles. The van der Waals surface area contributed by atoms with Crippen LogP contribution in [-0.2, 0) is 28.7 Å². The summed E-state index contributed by atoms with van der Waals surface area (Å²) in [6.45, 7) is 18.3. The third-order valence-corrected chi connectivity index (χ3v) is 12.0. The molecule has 5 nitrogen and oxygen atoms in total. The van der Waals surface area contributed by atoms with Crippen molar-refractivity contribution in [1.82, 2.24) is 9.97 Å². The summed E-state index contributed by atoms with van der Waals surface area (Å²) in [6.07, 6.45) is 5.88. The van der Waals surface area contributed by atoms with Crippen LogP contribution in [0, 0.1) is 12.8 Å². The van der Waals surface area contributed by atoms with Crippen LogP contribution in [0.3, 0.4) is 0 Å². The maximum Gasteiger partial charge on any atom is 0.192 e. The first-order chi connectivity index (χ1) is 15.9. The summed E-state index contributed by atoms with van der Waals surface area (Å²) >= 11 is 0. The standard InChI is InChI=1S/C28H43N3O2Si/c1-21-14-16-31(17-15-21)27-24(10-8-22(2)30-27)11-13-26(32)18-25-12-9-23(19-29-25)20-33-34(6,7)28(3,4)5/h8-10,12,19,21H,11,13-18,20H2,1-7H3. The van der Waals surface area contributed by atoms with Gasteiger partial charge in [-0.3, -0.25) is 9.78 Å². The second kappa shape index (κ2) is 11.1. The van der Waals surface area contributed by atoms with Gasteiger partial charge in [0, 0.05) is 43.5 Å². The van der Waals surface area contributed by atoms with Crippen LogP contribution in [-0.4, -0.2) is 37.2 Å². The van der Waals surface area contributed by atoms with E-state index in [1.54, 1.807) is 0 Å². The molecular formula is C28H43N3O2Si. The molecule has 0 N–H and O–H groups in total. The van der Waals surface area contributed by atoms with E-state index in [4.69, 9.17) is 9.41 Å². The van der Waals surface area contributed by atoms with Crippen molar-refractivity contribution in [3.05, 3.63) is 53.0 Å². The van der Waals surface area contributed by atoms with E-state index in [0.29, 0.717) is 19.4 Å². The van der Waals surface area contributed by atoms with Gasteiger partial charge >= 0.3 is 0 Å². The molecule has 2 aromatic rings. The van der Waals surface area contributed by atoms with Gasteiger partial charge in [0.25, 0.3) is 0 Å². The van der Waals surface area contributed by atoms with Crippen LogP contribution in [0.15, 0.2) is 30.5 Å². The van der Waals surface area contributed by atoms with Gasteiger partial charge in [-0.2, -0.15) is 0 Å². The maximum atomic E-state index is 12.7. The zero-order valence-corrected chi connectivity index (χ0v) is 23.3. The number of piperidine rings is 1. The topological polar surface area (TPSA) is 55.3 Å². The number of nitrogens with zero attached hydrogens (tertiary/aromatic N) is 3. The van der Waals surface area contributed by atoms with Crippen molar-refractivity contribution in [3.8, 4) is 0 Å². The summed E-state index contributed by atoms with van der Waals surface area (Å²) < 4.78 is 6.29. The molecule has 2 aromatic heterocycles. The number of Topliss-reactive ketones (excluding diaryl/α,β-unsaturated/α-hetero) is 1. The number of aryl methyl sites for hydroxylation is 2. The van der Waals surface area contributed by atoms with E-state index in [1.807, 2.05) is 25.3 Å². The highest BCUT2D eigenvalue weighted by molar-refractivity contribution is 6.74. The Kier molecular flexibility index (Phi) is 8.69. The van der Waals surface area contributed by atoms with E-state index in [0.717, 1.165) is 48.2 Å². The zero-order chi connectivity index (χ0) is 24.9. The van der Waals surface area contributed by atoms with E-state index >= 15 is 0 Å². The van der Waals surface area contributed by atoms with Gasteiger partial charge in [0.15, 0.2) is 8.32 Å². The number of hydrogen-bond donors (Lipinski definition) is 0. The minimum absolute atomic E-state index is 0.187. The Morgan fingerprint density at radius 2 is 1.85 bits per heavy atom. The number of hydrogen-bond acceptors (Lipinski definition) is 5. The van der Waals surface area contributed by atoms with Crippen LogP contribution in [0.1, 0.15) is 69.5 Å². The number of aromatic nitrogens is 2. The van der Waals surface area contributed by atoms with E-state index in [2.05, 4.69) is 62.8 Å². The summed E-state index contributed by atoms with van der Waals surface area (Å²) in [5.74, 6) is 2.07. The smallest absolute Gasteiger partial charge is 0.192 e. The molecule has 6 heteroatoms. The SMILES string of the molecule is Cc1ccc(CCC(=O)Cc2ccc(CO[Si](C)(C)C(C)(C)C)cn2)c(N2CCC(C)CC2)n1. The summed E-state index contributed by atoms with van der Waals surface area (Å²) in [7, 11) is -1.79. The van der Waals surface area contributed by atoms with E-state index in [1.165, 1.54) is 18.4 Å². The predicted octanol–water partition coefficient (Wildman–Crippen LogP) is 6.29. The molecular weight excluding hydrogens is 438 g/mol.